The van der Waals surface area contributed by atoms with Crippen molar-refractivity contribution in [1.29, 1.82) is 0 Å². The van der Waals surface area contributed by atoms with Gasteiger partial charge in [-0.1, -0.05) is 91.8 Å². The third-order valence-corrected chi connectivity index (χ3v) is 11.2. The van der Waals surface area contributed by atoms with Gasteiger partial charge in [-0.05, 0) is 25.8 Å². The van der Waals surface area contributed by atoms with Crippen LogP contribution in [-0.4, -0.2) is 50.4 Å². The van der Waals surface area contributed by atoms with Gasteiger partial charge in [0.1, 0.15) is 13.7 Å². The molecule has 0 aromatic heterocycles. The van der Waals surface area contributed by atoms with Crippen LogP contribution in [0.5, 0.6) is 0 Å². The van der Waals surface area contributed by atoms with E-state index in [0.29, 0.717) is 6.23 Å². The summed E-state index contributed by atoms with van der Waals surface area (Å²) in [6.45, 7) is 12.4. The van der Waals surface area contributed by atoms with Gasteiger partial charge in [0, 0.05) is 12.8 Å². The standard InChI is InChI=1S/C25H37NO4Si/c1-24(2,3)30-23(28)26-17-20(27)18-29-19-31(25(4,5)6,21-13-9-7-10-14-21)22-15-11-8-12-16-22/h7-16,20,27H,17-19H2,1-6H3,(H,26,28). The number of rotatable bonds is 8. The normalized spacial score (nSPS) is 13.5. The number of amides is 1. The van der Waals surface area contributed by atoms with E-state index in [9.17, 15) is 9.90 Å². The van der Waals surface area contributed by atoms with Gasteiger partial charge in [-0.3, -0.25) is 0 Å². The topological polar surface area (TPSA) is 67.8 Å². The minimum atomic E-state index is -2.34. The number of aliphatic hydroxyl groups excluding tert-OH is 1. The molecule has 0 bridgehead atoms. The number of carbonyl (C=O) groups is 1. The summed E-state index contributed by atoms with van der Waals surface area (Å²) in [6, 6.07) is 21.1. The van der Waals surface area contributed by atoms with Crippen molar-refractivity contribution in [2.45, 2.75) is 58.3 Å². The number of hydrogen-bond acceptors (Lipinski definition) is 4. The van der Waals surface area contributed by atoms with Crippen molar-refractivity contribution in [2.24, 2.45) is 0 Å². The molecule has 2 rings (SSSR count). The number of alkyl carbamates (subject to hydrolysis) is 1. The maximum atomic E-state index is 11.8. The number of aliphatic hydroxyl groups is 1. The Bertz CT molecular complexity index is 773. The van der Waals surface area contributed by atoms with Crippen molar-refractivity contribution >= 4 is 24.5 Å². The van der Waals surface area contributed by atoms with E-state index in [1.54, 1.807) is 20.8 Å². The first-order valence-electron chi connectivity index (χ1n) is 10.8. The Morgan fingerprint density at radius 2 is 1.42 bits per heavy atom. The third-order valence-electron chi connectivity index (χ3n) is 5.32. The third kappa shape index (κ3) is 6.92. The SMILES string of the molecule is CC(C)(C)OC(=O)NCC(O)COC[Si](c1ccccc1)(c1ccccc1)C(C)(C)C. The second kappa shape index (κ2) is 10.4. The molecule has 0 aliphatic heterocycles. The van der Waals surface area contributed by atoms with E-state index < -0.39 is 25.9 Å². The first-order valence-corrected chi connectivity index (χ1v) is 13.0. The van der Waals surface area contributed by atoms with E-state index in [1.807, 2.05) is 12.1 Å². The van der Waals surface area contributed by atoms with Gasteiger partial charge in [0.25, 0.3) is 0 Å². The zero-order valence-electron chi connectivity index (χ0n) is 19.6. The van der Waals surface area contributed by atoms with Crippen molar-refractivity contribution < 1.29 is 19.4 Å². The molecule has 0 heterocycles. The molecule has 0 saturated carbocycles. The smallest absolute Gasteiger partial charge is 0.407 e. The zero-order chi connectivity index (χ0) is 23.1. The van der Waals surface area contributed by atoms with Crippen LogP contribution >= 0.6 is 0 Å². The molecule has 1 atom stereocenters. The Morgan fingerprint density at radius 1 is 0.935 bits per heavy atom. The average molecular weight is 444 g/mol. The molecule has 1 unspecified atom stereocenters. The van der Waals surface area contributed by atoms with Gasteiger partial charge in [-0.2, -0.15) is 0 Å². The minimum absolute atomic E-state index is 0.0184. The Hall–Kier alpha value is -2.15. The molecule has 0 saturated heterocycles. The molecule has 6 heteroatoms. The van der Waals surface area contributed by atoms with Crippen molar-refractivity contribution in [3.05, 3.63) is 60.7 Å². The summed E-state index contributed by atoms with van der Waals surface area (Å²) in [4.78, 5) is 11.8. The highest BCUT2D eigenvalue weighted by molar-refractivity contribution is 7.04. The Labute approximate surface area is 187 Å². The van der Waals surface area contributed by atoms with Crippen LogP contribution < -0.4 is 15.7 Å². The van der Waals surface area contributed by atoms with Gasteiger partial charge in [0.05, 0.1) is 12.7 Å². The first kappa shape index (κ1) is 25.1. The number of benzene rings is 2. The fraction of sp³-hybridized carbons (Fsp3) is 0.480. The monoisotopic (exact) mass is 443 g/mol. The molecule has 1 amide bonds. The van der Waals surface area contributed by atoms with Crippen LogP contribution in [0.15, 0.2) is 60.7 Å². The van der Waals surface area contributed by atoms with Crippen LogP contribution in [0.4, 0.5) is 4.79 Å². The largest absolute Gasteiger partial charge is 0.444 e. The van der Waals surface area contributed by atoms with Crippen molar-refractivity contribution in [3.63, 3.8) is 0 Å². The average Bonchev–Trinajstić information content (AvgIpc) is 2.69. The molecule has 2 aromatic rings. The molecule has 0 radical (unpaired) electrons. The number of hydrogen-bond donors (Lipinski definition) is 2. The van der Waals surface area contributed by atoms with Gasteiger partial charge in [-0.25, -0.2) is 4.79 Å². The summed E-state index contributed by atoms with van der Waals surface area (Å²) in [5.74, 6) is 0. The Balaban J connectivity index is 2.14. The highest BCUT2D eigenvalue weighted by Gasteiger charge is 2.48. The summed E-state index contributed by atoms with van der Waals surface area (Å²) in [5.41, 5.74) is -0.575. The van der Waals surface area contributed by atoms with E-state index in [2.05, 4.69) is 74.6 Å². The molecule has 0 aliphatic carbocycles. The Morgan fingerprint density at radius 3 is 1.84 bits per heavy atom. The second-order valence-electron chi connectivity index (χ2n) is 9.94. The van der Waals surface area contributed by atoms with E-state index in [0.717, 1.165) is 0 Å². The van der Waals surface area contributed by atoms with E-state index in [-0.39, 0.29) is 18.2 Å². The lowest BCUT2D eigenvalue weighted by Gasteiger charge is -2.44. The summed E-state index contributed by atoms with van der Waals surface area (Å²) in [5, 5.41) is 15.5. The van der Waals surface area contributed by atoms with Crippen LogP contribution in [-0.2, 0) is 9.47 Å². The molecular formula is C25H37NO4Si. The van der Waals surface area contributed by atoms with Gasteiger partial charge < -0.3 is 19.9 Å². The van der Waals surface area contributed by atoms with Crippen LogP contribution in [0.2, 0.25) is 5.04 Å². The summed E-state index contributed by atoms with van der Waals surface area (Å²) >= 11 is 0. The second-order valence-corrected chi connectivity index (χ2v) is 14.7. The van der Waals surface area contributed by atoms with Crippen molar-refractivity contribution in [2.75, 3.05) is 19.4 Å². The maximum absolute atomic E-state index is 11.8. The molecule has 170 valence electrons. The van der Waals surface area contributed by atoms with Crippen LogP contribution in [0.3, 0.4) is 0 Å². The molecule has 31 heavy (non-hydrogen) atoms. The van der Waals surface area contributed by atoms with Crippen molar-refractivity contribution in [3.8, 4) is 0 Å². The maximum Gasteiger partial charge on any atom is 0.407 e. The predicted molar refractivity (Wildman–Crippen MR) is 129 cm³/mol. The summed E-state index contributed by atoms with van der Waals surface area (Å²) in [6.07, 6.45) is -0.821. The molecule has 2 N–H and O–H groups in total. The highest BCUT2D eigenvalue weighted by atomic mass is 28.3. The predicted octanol–water partition coefficient (Wildman–Crippen LogP) is 3.49. The van der Waals surface area contributed by atoms with Gasteiger partial charge in [0.2, 0.25) is 0 Å². The summed E-state index contributed by atoms with van der Waals surface area (Å²) in [7, 11) is -2.34. The fourth-order valence-corrected chi connectivity index (χ4v) is 8.56. The van der Waals surface area contributed by atoms with E-state index in [1.165, 1.54) is 10.4 Å². The molecule has 0 fully saturated rings. The van der Waals surface area contributed by atoms with Crippen LogP contribution in [0.25, 0.3) is 0 Å². The quantitative estimate of drug-likeness (QED) is 0.613. The Kier molecular flexibility index (Phi) is 8.46. The highest BCUT2D eigenvalue weighted by Crippen LogP contribution is 2.36. The van der Waals surface area contributed by atoms with E-state index >= 15 is 0 Å². The lowest BCUT2D eigenvalue weighted by molar-refractivity contribution is 0.0362. The first-order chi connectivity index (χ1) is 14.5. The number of carbonyl (C=O) groups excluding carboxylic acids is 1. The van der Waals surface area contributed by atoms with E-state index in [4.69, 9.17) is 9.47 Å². The lowest BCUT2D eigenvalue weighted by atomic mass is 10.2. The zero-order valence-corrected chi connectivity index (χ0v) is 20.6. The van der Waals surface area contributed by atoms with Gasteiger partial charge in [0.15, 0.2) is 0 Å². The van der Waals surface area contributed by atoms with Crippen molar-refractivity contribution in [1.82, 2.24) is 5.32 Å². The van der Waals surface area contributed by atoms with Gasteiger partial charge >= 0.3 is 6.09 Å². The number of nitrogens with one attached hydrogen (secondary N) is 1. The van der Waals surface area contributed by atoms with Gasteiger partial charge in [-0.15, -0.1) is 0 Å². The molecule has 2 aromatic carbocycles. The molecule has 0 spiro atoms. The van der Waals surface area contributed by atoms with Crippen LogP contribution in [0.1, 0.15) is 41.5 Å². The molecule has 5 nitrogen and oxygen atoms in total. The molecular weight excluding hydrogens is 406 g/mol. The fourth-order valence-electron chi connectivity index (χ4n) is 3.78. The summed E-state index contributed by atoms with van der Waals surface area (Å²) < 4.78 is 11.4. The lowest BCUT2D eigenvalue weighted by Crippen LogP contribution is -2.67. The molecule has 0 aliphatic rings. The number of ether oxygens (including phenoxy) is 2. The minimum Gasteiger partial charge on any atom is -0.444 e. The van der Waals surface area contributed by atoms with Crippen LogP contribution in [0, 0.1) is 0 Å².